The van der Waals surface area contributed by atoms with Crippen molar-refractivity contribution in [3.63, 3.8) is 0 Å². The van der Waals surface area contributed by atoms with E-state index in [1.807, 2.05) is 0 Å². The molecule has 2 N–H and O–H groups in total. The number of anilines is 1. The van der Waals surface area contributed by atoms with E-state index in [1.165, 1.54) is 0 Å². The number of amides is 1. The summed E-state index contributed by atoms with van der Waals surface area (Å²) in [5.74, 6) is 1.50. The summed E-state index contributed by atoms with van der Waals surface area (Å²) >= 11 is 0. The van der Waals surface area contributed by atoms with Crippen molar-refractivity contribution in [3.05, 3.63) is 5.82 Å². The third-order valence-electron chi connectivity index (χ3n) is 3.95. The van der Waals surface area contributed by atoms with E-state index < -0.39 is 6.10 Å². The van der Waals surface area contributed by atoms with E-state index in [4.69, 9.17) is 4.74 Å². The lowest BCUT2D eigenvalue weighted by Crippen LogP contribution is -2.29. The van der Waals surface area contributed by atoms with Crippen LogP contribution >= 0.6 is 12.4 Å². The quantitative estimate of drug-likeness (QED) is 0.737. The predicted molar refractivity (Wildman–Crippen MR) is 92.0 cm³/mol. The van der Waals surface area contributed by atoms with Gasteiger partial charge in [-0.3, -0.25) is 10.1 Å². The van der Waals surface area contributed by atoms with Crippen LogP contribution in [0.15, 0.2) is 0 Å². The Kier molecular flexibility index (Phi) is 8.51. The smallest absolute Gasteiger partial charge is 0.255 e. The van der Waals surface area contributed by atoms with Gasteiger partial charge in [0.2, 0.25) is 5.95 Å². The predicted octanol–water partition coefficient (Wildman–Crippen LogP) is 1.85. The lowest BCUT2D eigenvalue weighted by Gasteiger charge is -2.19. The Hall–Kier alpha value is -1.18. The van der Waals surface area contributed by atoms with Gasteiger partial charge in [-0.25, -0.2) is 4.68 Å². The van der Waals surface area contributed by atoms with Crippen molar-refractivity contribution in [1.29, 1.82) is 0 Å². The molecule has 0 aromatic carbocycles. The van der Waals surface area contributed by atoms with Gasteiger partial charge >= 0.3 is 0 Å². The first-order valence-electron chi connectivity index (χ1n) is 8.16. The topological polar surface area (TPSA) is 81.1 Å². The maximum Gasteiger partial charge on any atom is 0.255 e. The van der Waals surface area contributed by atoms with Gasteiger partial charge in [0.15, 0.2) is 5.82 Å². The van der Waals surface area contributed by atoms with Gasteiger partial charge in [-0.2, -0.15) is 10.1 Å². The largest absolute Gasteiger partial charge is 0.369 e. The number of halogens is 1. The summed E-state index contributed by atoms with van der Waals surface area (Å²) in [5, 5.41) is 10.6. The van der Waals surface area contributed by atoms with Crippen molar-refractivity contribution in [1.82, 2.24) is 20.1 Å². The molecular formula is C15H28ClN5O2. The second-order valence-corrected chi connectivity index (χ2v) is 5.80. The standard InChI is InChI=1S/C15H27N5O2.ClH/c1-4-5-10-22-11(2)14(21)18-15-17-13(19-20(15)3)12-6-8-16-9-7-12;/h11-12,16H,4-10H2,1-3H3,(H,17,18,19,21);1H. The molecule has 0 radical (unpaired) electrons. The molecule has 1 aliphatic heterocycles. The Morgan fingerprint density at radius 3 is 2.83 bits per heavy atom. The Bertz CT molecular complexity index is 488. The van der Waals surface area contributed by atoms with E-state index in [1.54, 1.807) is 18.7 Å². The highest BCUT2D eigenvalue weighted by atomic mass is 35.5. The maximum atomic E-state index is 12.1. The van der Waals surface area contributed by atoms with E-state index in [-0.39, 0.29) is 18.3 Å². The van der Waals surface area contributed by atoms with Crippen LogP contribution in [0, 0.1) is 0 Å². The van der Waals surface area contributed by atoms with Crippen LogP contribution in [0.2, 0.25) is 0 Å². The summed E-state index contributed by atoms with van der Waals surface area (Å²) in [7, 11) is 1.80. The molecule has 7 nitrogen and oxygen atoms in total. The second-order valence-electron chi connectivity index (χ2n) is 5.80. The summed E-state index contributed by atoms with van der Waals surface area (Å²) in [4.78, 5) is 16.6. The highest BCUT2D eigenvalue weighted by Crippen LogP contribution is 2.23. The van der Waals surface area contributed by atoms with E-state index in [0.717, 1.165) is 44.6 Å². The maximum absolute atomic E-state index is 12.1. The number of carbonyl (C=O) groups excluding carboxylic acids is 1. The third-order valence-corrected chi connectivity index (χ3v) is 3.95. The second kappa shape index (κ2) is 9.85. The Morgan fingerprint density at radius 2 is 2.17 bits per heavy atom. The minimum absolute atomic E-state index is 0. The fourth-order valence-electron chi connectivity index (χ4n) is 2.46. The van der Waals surface area contributed by atoms with Crippen molar-refractivity contribution in [3.8, 4) is 0 Å². The SMILES string of the molecule is CCCCOC(C)C(=O)Nc1nc(C2CCNCC2)nn1C.Cl. The van der Waals surface area contributed by atoms with Gasteiger partial charge in [0.1, 0.15) is 6.10 Å². The molecule has 2 rings (SSSR count). The first-order valence-corrected chi connectivity index (χ1v) is 8.16. The molecule has 8 heteroatoms. The molecule has 0 bridgehead atoms. The van der Waals surface area contributed by atoms with Gasteiger partial charge in [0.25, 0.3) is 5.91 Å². The molecule has 1 unspecified atom stereocenters. The Balaban J connectivity index is 0.00000264. The van der Waals surface area contributed by atoms with Crippen molar-refractivity contribution in [2.24, 2.45) is 7.05 Å². The summed E-state index contributed by atoms with van der Waals surface area (Å²) in [6, 6.07) is 0. The van der Waals surface area contributed by atoms with Crippen LogP contribution < -0.4 is 10.6 Å². The van der Waals surface area contributed by atoms with E-state index >= 15 is 0 Å². The molecule has 1 aromatic rings. The highest BCUT2D eigenvalue weighted by Gasteiger charge is 2.22. The number of piperidine rings is 1. The molecule has 1 atom stereocenters. The fourth-order valence-corrected chi connectivity index (χ4v) is 2.46. The van der Waals surface area contributed by atoms with E-state index in [2.05, 4.69) is 27.6 Å². The lowest BCUT2D eigenvalue weighted by atomic mass is 9.98. The normalized spacial score (nSPS) is 16.7. The number of ether oxygens (including phenoxy) is 1. The van der Waals surface area contributed by atoms with Gasteiger partial charge in [-0.15, -0.1) is 12.4 Å². The van der Waals surface area contributed by atoms with Gasteiger partial charge in [0.05, 0.1) is 0 Å². The van der Waals surface area contributed by atoms with Crippen molar-refractivity contribution >= 4 is 24.3 Å². The van der Waals surface area contributed by atoms with E-state index in [0.29, 0.717) is 18.5 Å². The molecule has 1 saturated heterocycles. The molecule has 23 heavy (non-hydrogen) atoms. The molecule has 2 heterocycles. The van der Waals surface area contributed by atoms with Gasteiger partial charge in [-0.1, -0.05) is 13.3 Å². The minimum atomic E-state index is -0.481. The molecule has 1 aliphatic rings. The van der Waals surface area contributed by atoms with Crippen LogP contribution in [0.4, 0.5) is 5.95 Å². The molecule has 0 saturated carbocycles. The van der Waals surface area contributed by atoms with Gasteiger partial charge in [0, 0.05) is 19.6 Å². The summed E-state index contributed by atoms with van der Waals surface area (Å²) in [5.41, 5.74) is 0. The minimum Gasteiger partial charge on any atom is -0.369 e. The fraction of sp³-hybridized carbons (Fsp3) is 0.800. The van der Waals surface area contributed by atoms with Crippen LogP contribution in [0.1, 0.15) is 51.3 Å². The Morgan fingerprint density at radius 1 is 1.48 bits per heavy atom. The van der Waals surface area contributed by atoms with Crippen LogP contribution in [0.3, 0.4) is 0 Å². The molecule has 0 aliphatic carbocycles. The van der Waals surface area contributed by atoms with Crippen LogP contribution in [-0.4, -0.2) is 46.5 Å². The average molecular weight is 346 g/mol. The van der Waals surface area contributed by atoms with Crippen molar-refractivity contribution in [2.75, 3.05) is 25.0 Å². The zero-order chi connectivity index (χ0) is 15.9. The number of nitrogens with zero attached hydrogens (tertiary/aromatic N) is 3. The zero-order valence-electron chi connectivity index (χ0n) is 14.2. The molecule has 0 spiro atoms. The van der Waals surface area contributed by atoms with Crippen LogP contribution in [0.25, 0.3) is 0 Å². The molecular weight excluding hydrogens is 318 g/mol. The number of hydrogen-bond donors (Lipinski definition) is 2. The number of carbonyl (C=O) groups is 1. The van der Waals surface area contributed by atoms with E-state index in [9.17, 15) is 4.79 Å². The number of rotatable bonds is 7. The molecule has 1 amide bonds. The number of aryl methyl sites for hydroxylation is 1. The Labute approximate surface area is 144 Å². The summed E-state index contributed by atoms with van der Waals surface area (Å²) < 4.78 is 7.13. The first-order chi connectivity index (χ1) is 10.6. The molecule has 1 fully saturated rings. The summed E-state index contributed by atoms with van der Waals surface area (Å²) in [6.45, 7) is 6.44. The monoisotopic (exact) mass is 345 g/mol. The van der Waals surface area contributed by atoms with Crippen molar-refractivity contribution in [2.45, 2.75) is 51.6 Å². The third kappa shape index (κ3) is 5.75. The zero-order valence-corrected chi connectivity index (χ0v) is 15.0. The molecule has 1 aromatic heterocycles. The van der Waals surface area contributed by atoms with Gasteiger partial charge < -0.3 is 10.1 Å². The number of nitrogens with one attached hydrogen (secondary N) is 2. The lowest BCUT2D eigenvalue weighted by molar-refractivity contribution is -0.126. The van der Waals surface area contributed by atoms with Crippen LogP contribution in [0.5, 0.6) is 0 Å². The van der Waals surface area contributed by atoms with Crippen LogP contribution in [-0.2, 0) is 16.6 Å². The van der Waals surface area contributed by atoms with Gasteiger partial charge in [-0.05, 0) is 39.3 Å². The number of unbranched alkanes of at least 4 members (excludes halogenated alkanes) is 1. The summed E-state index contributed by atoms with van der Waals surface area (Å²) in [6.07, 6.45) is 3.60. The average Bonchev–Trinajstić information content (AvgIpc) is 2.89. The molecule has 132 valence electrons. The first kappa shape index (κ1) is 19.9. The number of aromatic nitrogens is 3. The highest BCUT2D eigenvalue weighted by molar-refractivity contribution is 5.92. The number of hydrogen-bond acceptors (Lipinski definition) is 5. The van der Waals surface area contributed by atoms with Crippen molar-refractivity contribution < 1.29 is 9.53 Å².